The van der Waals surface area contributed by atoms with Crippen molar-refractivity contribution in [2.24, 2.45) is 0 Å². The molecule has 1 N–H and O–H groups in total. The second kappa shape index (κ2) is 5.30. The number of nitrogens with one attached hydrogen (secondary N) is 1. The van der Waals surface area contributed by atoms with Gasteiger partial charge in [0.15, 0.2) is 0 Å². The monoisotopic (exact) mass is 295 g/mol. The van der Waals surface area contributed by atoms with E-state index >= 15 is 0 Å². The Hall–Kier alpha value is -2.41. The maximum atomic E-state index is 12.1. The van der Waals surface area contributed by atoms with E-state index in [4.69, 9.17) is 16.1 Å². The molecule has 2 rings (SSSR count). The molecule has 104 valence electrons. The number of benzene rings is 1. The summed E-state index contributed by atoms with van der Waals surface area (Å²) >= 11 is 5.86. The number of nitro groups is 1. The molecule has 1 amide bonds. The average Bonchev–Trinajstić information content (AvgIpc) is 2.70. The van der Waals surface area contributed by atoms with E-state index in [1.165, 1.54) is 18.2 Å². The van der Waals surface area contributed by atoms with Crippen LogP contribution in [-0.2, 0) is 0 Å². The number of nitro benzene ring substituents is 1. The van der Waals surface area contributed by atoms with Gasteiger partial charge in [-0.05, 0) is 19.9 Å². The maximum absolute atomic E-state index is 12.1. The van der Waals surface area contributed by atoms with Crippen LogP contribution >= 0.6 is 11.6 Å². The lowest BCUT2D eigenvalue weighted by Crippen LogP contribution is -2.13. The molecule has 0 atom stereocenters. The van der Waals surface area contributed by atoms with Gasteiger partial charge in [-0.15, -0.1) is 0 Å². The van der Waals surface area contributed by atoms with Crippen molar-refractivity contribution in [1.29, 1.82) is 0 Å². The molecule has 1 aromatic heterocycles. The molecule has 1 aromatic carbocycles. The Bertz CT molecular complexity index is 696. The Balaban J connectivity index is 2.33. The number of hydrogen-bond donors (Lipinski definition) is 1. The van der Waals surface area contributed by atoms with Gasteiger partial charge in [0.05, 0.1) is 16.2 Å². The summed E-state index contributed by atoms with van der Waals surface area (Å²) in [6, 6.07) is 4.00. The molecule has 1 heterocycles. The number of rotatable bonds is 3. The molecule has 0 aliphatic carbocycles. The molecule has 0 saturated heterocycles. The second-order valence-electron chi connectivity index (χ2n) is 4.07. The van der Waals surface area contributed by atoms with E-state index in [2.05, 4.69) is 10.5 Å². The smallest absolute Gasteiger partial charge is 0.288 e. The molecule has 8 heteroatoms. The Labute approximate surface area is 118 Å². The third-order valence-electron chi connectivity index (χ3n) is 2.80. The number of hydrogen-bond acceptors (Lipinski definition) is 5. The summed E-state index contributed by atoms with van der Waals surface area (Å²) in [5, 5.41) is 16.7. The lowest BCUT2D eigenvalue weighted by Gasteiger charge is -2.04. The van der Waals surface area contributed by atoms with Crippen LogP contribution in [0.25, 0.3) is 0 Å². The van der Waals surface area contributed by atoms with Gasteiger partial charge < -0.3 is 4.52 Å². The zero-order chi connectivity index (χ0) is 14.9. The van der Waals surface area contributed by atoms with Crippen LogP contribution in [-0.4, -0.2) is 16.0 Å². The number of aromatic nitrogens is 1. The first-order chi connectivity index (χ1) is 9.41. The number of carbonyl (C=O) groups excluding carboxylic acids is 1. The minimum Gasteiger partial charge on any atom is -0.338 e. The summed E-state index contributed by atoms with van der Waals surface area (Å²) in [7, 11) is 0. The third-order valence-corrected chi connectivity index (χ3v) is 3.20. The summed E-state index contributed by atoms with van der Waals surface area (Å²) in [4.78, 5) is 22.2. The van der Waals surface area contributed by atoms with Gasteiger partial charge >= 0.3 is 0 Å². The van der Waals surface area contributed by atoms with Gasteiger partial charge in [0.1, 0.15) is 5.02 Å². The van der Waals surface area contributed by atoms with Gasteiger partial charge in [-0.3, -0.25) is 20.2 Å². The average molecular weight is 296 g/mol. The van der Waals surface area contributed by atoms with E-state index in [9.17, 15) is 14.9 Å². The fourth-order valence-corrected chi connectivity index (χ4v) is 1.82. The molecule has 0 unspecified atom stereocenters. The summed E-state index contributed by atoms with van der Waals surface area (Å²) in [5.74, 6) is -0.409. The van der Waals surface area contributed by atoms with Crippen LogP contribution < -0.4 is 5.32 Å². The first kappa shape index (κ1) is 14.0. The summed E-state index contributed by atoms with van der Waals surface area (Å²) < 4.78 is 4.95. The van der Waals surface area contributed by atoms with Gasteiger partial charge in [0.2, 0.25) is 5.88 Å². The summed E-state index contributed by atoms with van der Waals surface area (Å²) in [6.45, 7) is 3.46. The predicted molar refractivity (Wildman–Crippen MR) is 72.0 cm³/mol. The van der Waals surface area contributed by atoms with Gasteiger partial charge in [-0.1, -0.05) is 22.8 Å². The zero-order valence-electron chi connectivity index (χ0n) is 10.6. The van der Waals surface area contributed by atoms with Crippen molar-refractivity contribution >= 4 is 29.1 Å². The summed E-state index contributed by atoms with van der Waals surface area (Å²) in [6.07, 6.45) is 0. The van der Waals surface area contributed by atoms with E-state index < -0.39 is 10.8 Å². The minimum atomic E-state index is -0.650. The topological polar surface area (TPSA) is 98.3 Å². The highest BCUT2D eigenvalue weighted by atomic mass is 35.5. The Morgan fingerprint density at radius 2 is 2.15 bits per heavy atom. The molecule has 0 aliphatic heterocycles. The van der Waals surface area contributed by atoms with Gasteiger partial charge in [-0.25, -0.2) is 0 Å². The molecule has 0 radical (unpaired) electrons. The molecule has 0 saturated carbocycles. The van der Waals surface area contributed by atoms with Crippen LogP contribution in [0.2, 0.25) is 5.02 Å². The van der Waals surface area contributed by atoms with Crippen LogP contribution in [0.1, 0.15) is 21.6 Å². The number of halogens is 1. The van der Waals surface area contributed by atoms with Crippen LogP contribution in [0.5, 0.6) is 0 Å². The highest BCUT2D eigenvalue weighted by Gasteiger charge is 2.21. The molecule has 20 heavy (non-hydrogen) atoms. The molecule has 0 bridgehead atoms. The largest absolute Gasteiger partial charge is 0.338 e. The van der Waals surface area contributed by atoms with E-state index in [0.717, 1.165) is 0 Å². The number of aryl methyl sites for hydroxylation is 1. The Morgan fingerprint density at radius 3 is 2.70 bits per heavy atom. The Kier molecular flexibility index (Phi) is 3.71. The fourth-order valence-electron chi connectivity index (χ4n) is 1.54. The van der Waals surface area contributed by atoms with Crippen molar-refractivity contribution in [3.8, 4) is 0 Å². The van der Waals surface area contributed by atoms with Crippen LogP contribution in [0.15, 0.2) is 22.7 Å². The molecule has 0 aliphatic rings. The number of nitrogens with zero attached hydrogens (tertiary/aromatic N) is 2. The van der Waals surface area contributed by atoms with Crippen molar-refractivity contribution < 1.29 is 14.2 Å². The first-order valence-corrected chi connectivity index (χ1v) is 5.96. The lowest BCUT2D eigenvalue weighted by molar-refractivity contribution is -0.384. The number of carbonyl (C=O) groups is 1. The van der Waals surface area contributed by atoms with Crippen molar-refractivity contribution in [2.45, 2.75) is 13.8 Å². The van der Waals surface area contributed by atoms with E-state index in [-0.39, 0.29) is 22.2 Å². The number of amides is 1. The Morgan fingerprint density at radius 1 is 1.45 bits per heavy atom. The highest BCUT2D eigenvalue weighted by Crippen LogP contribution is 2.28. The molecule has 0 spiro atoms. The first-order valence-electron chi connectivity index (χ1n) is 5.59. The maximum Gasteiger partial charge on any atom is 0.288 e. The zero-order valence-corrected chi connectivity index (χ0v) is 11.4. The second-order valence-corrected chi connectivity index (χ2v) is 4.45. The highest BCUT2D eigenvalue weighted by molar-refractivity contribution is 6.36. The van der Waals surface area contributed by atoms with E-state index in [1.54, 1.807) is 13.8 Å². The van der Waals surface area contributed by atoms with Gasteiger partial charge in [-0.2, -0.15) is 0 Å². The SMILES string of the molecule is Cc1noc(NC(=O)c2cccc([N+](=O)[O-])c2Cl)c1C. The minimum absolute atomic E-state index is 0.00526. The fraction of sp³-hybridized carbons (Fsp3) is 0.167. The number of anilines is 1. The van der Waals surface area contributed by atoms with Crippen molar-refractivity contribution in [3.63, 3.8) is 0 Å². The molecular weight excluding hydrogens is 286 g/mol. The molecule has 7 nitrogen and oxygen atoms in total. The summed E-state index contributed by atoms with van der Waals surface area (Å²) in [5.41, 5.74) is 0.990. The van der Waals surface area contributed by atoms with E-state index in [1.807, 2.05) is 0 Å². The molecular formula is C12H10ClN3O4. The van der Waals surface area contributed by atoms with Crippen molar-refractivity contribution in [2.75, 3.05) is 5.32 Å². The molecule has 0 fully saturated rings. The van der Waals surface area contributed by atoms with Crippen molar-refractivity contribution in [1.82, 2.24) is 5.16 Å². The van der Waals surface area contributed by atoms with Gasteiger partial charge in [0, 0.05) is 11.6 Å². The molecule has 2 aromatic rings. The van der Waals surface area contributed by atoms with Crippen LogP contribution in [0.4, 0.5) is 11.6 Å². The van der Waals surface area contributed by atoms with Gasteiger partial charge in [0.25, 0.3) is 11.6 Å². The standard InChI is InChI=1S/C12H10ClN3O4/c1-6-7(2)15-20-12(6)14-11(17)8-4-3-5-9(10(8)13)16(18)19/h3-5H,1-2H3,(H,14,17). The quantitative estimate of drug-likeness (QED) is 0.693. The third kappa shape index (κ3) is 2.48. The van der Waals surface area contributed by atoms with Crippen molar-refractivity contribution in [3.05, 3.63) is 50.2 Å². The lowest BCUT2D eigenvalue weighted by atomic mass is 10.2. The van der Waals surface area contributed by atoms with Crippen LogP contribution in [0, 0.1) is 24.0 Å². The van der Waals surface area contributed by atoms with E-state index in [0.29, 0.717) is 11.3 Å². The predicted octanol–water partition coefficient (Wildman–Crippen LogP) is 3.11. The normalized spacial score (nSPS) is 10.3. The van der Waals surface area contributed by atoms with Crippen LogP contribution in [0.3, 0.4) is 0 Å².